The molecule has 0 aromatic heterocycles. The predicted molar refractivity (Wildman–Crippen MR) is 83.1 cm³/mol. The van der Waals surface area contributed by atoms with E-state index in [2.05, 4.69) is 4.72 Å². The summed E-state index contributed by atoms with van der Waals surface area (Å²) in [5.41, 5.74) is -0.270. The average Bonchev–Trinajstić information content (AvgIpc) is 2.54. The van der Waals surface area contributed by atoms with E-state index in [1.807, 2.05) is 0 Å². The molecular weight excluding hydrogens is 362 g/mol. The molecule has 2 rings (SSSR count). The smallest absolute Gasteiger partial charge is 0.241 e. The van der Waals surface area contributed by atoms with Crippen LogP contribution in [0.3, 0.4) is 0 Å². The summed E-state index contributed by atoms with van der Waals surface area (Å²) < 4.78 is 39.1. The lowest BCUT2D eigenvalue weighted by atomic mass is 10.2. The molecule has 0 heterocycles. The van der Waals surface area contributed by atoms with Crippen molar-refractivity contribution < 1.29 is 22.5 Å². The van der Waals surface area contributed by atoms with Crippen molar-refractivity contribution in [3.63, 3.8) is 0 Å². The van der Waals surface area contributed by atoms with Gasteiger partial charge in [-0.25, -0.2) is 17.3 Å². The molecule has 0 aliphatic heterocycles. The second kappa shape index (κ2) is 6.79. The van der Waals surface area contributed by atoms with Gasteiger partial charge in [0.1, 0.15) is 0 Å². The molecule has 2 aromatic rings. The first kappa shape index (κ1) is 17.6. The van der Waals surface area contributed by atoms with Gasteiger partial charge in [0.25, 0.3) is 0 Å². The van der Waals surface area contributed by atoms with Crippen LogP contribution in [0.4, 0.5) is 0 Å². The molecule has 0 fully saturated rings. The second-order valence-corrected chi connectivity index (χ2v) is 8.06. The highest BCUT2D eigenvalue weighted by Gasteiger charge is 2.23. The molecule has 0 unspecified atom stereocenters. The van der Waals surface area contributed by atoms with Gasteiger partial charge < -0.3 is 9.90 Å². The summed E-state index contributed by atoms with van der Waals surface area (Å²) in [6.07, 6.45) is 0. The summed E-state index contributed by atoms with van der Waals surface area (Å²) >= 11 is 5.82. The van der Waals surface area contributed by atoms with E-state index in [1.165, 1.54) is 43.4 Å². The largest absolute Gasteiger partial charge is 0.545 e. The summed E-state index contributed by atoms with van der Waals surface area (Å²) in [6, 6.07) is 9.36. The number of hydrogen-bond donors (Lipinski definition) is 1. The van der Waals surface area contributed by atoms with E-state index in [4.69, 9.17) is 11.6 Å². The molecule has 0 aliphatic carbocycles. The van der Waals surface area contributed by atoms with E-state index < -0.39 is 26.8 Å². The maximum absolute atomic E-state index is 12.8. The fourth-order valence-electron chi connectivity index (χ4n) is 1.87. The molecule has 0 bridgehead atoms. The Bertz CT molecular complexity index is 896. The third-order valence-electron chi connectivity index (χ3n) is 2.97. The Labute approximate surface area is 140 Å². The number of carbonyl (C=O) groups excluding carboxylic acids is 1. The molecule has 0 radical (unpaired) electrons. The highest BCUT2D eigenvalue weighted by Crippen LogP contribution is 2.28. The summed E-state index contributed by atoms with van der Waals surface area (Å²) in [4.78, 5) is 10.7. The number of aromatic carboxylic acids is 1. The van der Waals surface area contributed by atoms with E-state index in [0.717, 1.165) is 6.07 Å². The Balaban J connectivity index is 2.69. The van der Waals surface area contributed by atoms with Gasteiger partial charge in [0.15, 0.2) is 0 Å². The minimum absolute atomic E-state index is 0.0534. The number of sulfonamides is 1. The van der Waals surface area contributed by atoms with Crippen molar-refractivity contribution in [3.05, 3.63) is 53.1 Å². The van der Waals surface area contributed by atoms with Gasteiger partial charge in [0, 0.05) is 10.6 Å². The summed E-state index contributed by atoms with van der Waals surface area (Å²) in [5.74, 6) is -1.50. The van der Waals surface area contributed by atoms with Crippen molar-refractivity contribution in [2.24, 2.45) is 0 Å². The van der Waals surface area contributed by atoms with Crippen LogP contribution < -0.4 is 9.83 Å². The van der Waals surface area contributed by atoms with Crippen LogP contribution in [0.5, 0.6) is 0 Å². The molecule has 122 valence electrons. The van der Waals surface area contributed by atoms with Crippen LogP contribution in [-0.4, -0.2) is 25.6 Å². The van der Waals surface area contributed by atoms with Crippen LogP contribution in [0.25, 0.3) is 0 Å². The zero-order valence-electron chi connectivity index (χ0n) is 11.8. The second-order valence-electron chi connectivity index (χ2n) is 4.35. The normalized spacial score (nSPS) is 12.8. The van der Waals surface area contributed by atoms with Gasteiger partial charge in [-0.3, -0.25) is 0 Å². The molecule has 23 heavy (non-hydrogen) atoms. The van der Waals surface area contributed by atoms with Crippen LogP contribution in [0.1, 0.15) is 10.4 Å². The fourth-order valence-corrected chi connectivity index (χ4v) is 4.72. The van der Waals surface area contributed by atoms with Crippen molar-refractivity contribution in [3.8, 4) is 0 Å². The first-order valence-corrected chi connectivity index (χ1v) is 9.24. The Morgan fingerprint density at radius 1 is 1.17 bits per heavy atom. The molecule has 0 amide bonds. The molecule has 0 saturated heterocycles. The van der Waals surface area contributed by atoms with Crippen molar-refractivity contribution in [1.29, 1.82) is 0 Å². The van der Waals surface area contributed by atoms with Crippen molar-refractivity contribution in [2.75, 3.05) is 7.05 Å². The molecule has 6 nitrogen and oxygen atoms in total. The first-order chi connectivity index (χ1) is 10.8. The topological polar surface area (TPSA) is 103 Å². The number of benzene rings is 2. The lowest BCUT2D eigenvalue weighted by Gasteiger charge is -2.13. The van der Waals surface area contributed by atoms with Crippen molar-refractivity contribution in [2.45, 2.75) is 14.7 Å². The van der Waals surface area contributed by atoms with Gasteiger partial charge in [0.05, 0.1) is 31.5 Å². The summed E-state index contributed by atoms with van der Waals surface area (Å²) in [6.45, 7) is 0. The van der Waals surface area contributed by atoms with E-state index in [1.54, 1.807) is 0 Å². The highest BCUT2D eigenvalue weighted by molar-refractivity contribution is 7.91. The number of rotatable bonds is 5. The molecule has 1 N–H and O–H groups in total. The number of nitrogens with one attached hydrogen (secondary N) is 1. The van der Waals surface area contributed by atoms with Crippen molar-refractivity contribution in [1.82, 2.24) is 4.72 Å². The van der Waals surface area contributed by atoms with Crippen LogP contribution in [0.15, 0.2) is 57.2 Å². The third-order valence-corrected chi connectivity index (χ3v) is 6.30. The minimum atomic E-state index is -3.93. The lowest BCUT2D eigenvalue weighted by molar-refractivity contribution is -0.255. The van der Waals surface area contributed by atoms with E-state index in [9.17, 15) is 22.5 Å². The van der Waals surface area contributed by atoms with Crippen LogP contribution in [-0.2, 0) is 20.8 Å². The van der Waals surface area contributed by atoms with Gasteiger partial charge in [-0.15, -0.1) is 0 Å². The van der Waals surface area contributed by atoms with E-state index >= 15 is 0 Å². The van der Waals surface area contributed by atoms with Crippen LogP contribution in [0, 0.1) is 0 Å². The maximum Gasteiger partial charge on any atom is 0.241 e. The number of hydrogen-bond acceptors (Lipinski definition) is 5. The third kappa shape index (κ3) is 3.61. The monoisotopic (exact) mass is 372 g/mol. The maximum atomic E-state index is 12.8. The average molecular weight is 373 g/mol. The van der Waals surface area contributed by atoms with Gasteiger partial charge in [-0.1, -0.05) is 29.8 Å². The number of halogens is 1. The first-order valence-electron chi connectivity index (χ1n) is 6.23. The summed E-state index contributed by atoms with van der Waals surface area (Å²) in [5, 5.41) is 11.3. The minimum Gasteiger partial charge on any atom is -0.545 e. The van der Waals surface area contributed by atoms with Gasteiger partial charge in [0.2, 0.25) is 10.0 Å². The van der Waals surface area contributed by atoms with Gasteiger partial charge in [-0.05, 0) is 31.3 Å². The van der Waals surface area contributed by atoms with Crippen molar-refractivity contribution >= 4 is 38.4 Å². The summed E-state index contributed by atoms with van der Waals surface area (Å²) in [7, 11) is -4.77. The zero-order chi connectivity index (χ0) is 17.2. The molecule has 0 saturated carbocycles. The Morgan fingerprint density at radius 2 is 1.83 bits per heavy atom. The molecule has 9 heteroatoms. The Morgan fingerprint density at radius 3 is 2.43 bits per heavy atom. The number of carboxylic acids is 1. The highest BCUT2D eigenvalue weighted by atomic mass is 35.5. The van der Waals surface area contributed by atoms with E-state index in [-0.39, 0.29) is 25.3 Å². The molecule has 1 atom stereocenters. The predicted octanol–water partition coefficient (Wildman–Crippen LogP) is 0.778. The zero-order valence-corrected chi connectivity index (χ0v) is 14.2. The number of carboxylic acid groups (broad SMARTS) is 1. The number of carbonyl (C=O) groups is 1. The quantitative estimate of drug-likeness (QED) is 0.835. The van der Waals surface area contributed by atoms with E-state index in [0.29, 0.717) is 0 Å². The fraction of sp³-hybridized carbons (Fsp3) is 0.0714. The Hall–Kier alpha value is -1.74. The Kier molecular flexibility index (Phi) is 5.20. The SMILES string of the molecule is CNS(=O)(=O)c1cc(Cl)ccc1[S@](=O)c1ccccc1C(=O)[O-]. The van der Waals surface area contributed by atoms with Crippen LogP contribution in [0.2, 0.25) is 5.02 Å². The molecule has 0 spiro atoms. The molecule has 2 aromatic carbocycles. The lowest BCUT2D eigenvalue weighted by Crippen LogP contribution is -2.24. The van der Waals surface area contributed by atoms with Gasteiger partial charge >= 0.3 is 0 Å². The van der Waals surface area contributed by atoms with Gasteiger partial charge in [-0.2, -0.15) is 0 Å². The van der Waals surface area contributed by atoms with Crippen LogP contribution >= 0.6 is 11.6 Å². The molecule has 0 aliphatic rings. The standard InChI is InChI=1S/C14H12ClNO5S2/c1-16-23(20,21)13-8-9(15)6-7-12(13)22(19)11-5-3-2-4-10(11)14(17)18/h2-8,16H,1H3,(H,17,18)/p-1/t22-/m1/s1. The molecular formula is C14H11ClNO5S2-.